The first-order valence-corrected chi connectivity index (χ1v) is 10.7. The SMILES string of the molecule is Cc1ccc(CN2CC[C@]3(CCCN(CC4CCOCC4)C3)C2)cc1C. The Balaban J connectivity index is 1.33. The van der Waals surface area contributed by atoms with Gasteiger partial charge in [-0.25, -0.2) is 0 Å². The zero-order valence-electron chi connectivity index (χ0n) is 16.8. The maximum atomic E-state index is 5.54. The summed E-state index contributed by atoms with van der Waals surface area (Å²) in [7, 11) is 0. The van der Waals surface area contributed by atoms with E-state index >= 15 is 0 Å². The van der Waals surface area contributed by atoms with E-state index in [1.807, 2.05) is 0 Å². The minimum atomic E-state index is 0.559. The second-order valence-corrected chi connectivity index (χ2v) is 9.27. The molecule has 1 aromatic carbocycles. The minimum absolute atomic E-state index is 0.559. The first-order valence-electron chi connectivity index (χ1n) is 10.7. The highest BCUT2D eigenvalue weighted by Crippen LogP contribution is 2.40. The average Bonchev–Trinajstić information content (AvgIpc) is 3.01. The summed E-state index contributed by atoms with van der Waals surface area (Å²) >= 11 is 0. The highest BCUT2D eigenvalue weighted by atomic mass is 16.5. The van der Waals surface area contributed by atoms with Gasteiger partial charge in [-0.1, -0.05) is 18.2 Å². The quantitative estimate of drug-likeness (QED) is 0.810. The van der Waals surface area contributed by atoms with Gasteiger partial charge in [0.15, 0.2) is 0 Å². The third-order valence-corrected chi connectivity index (χ3v) is 7.09. The van der Waals surface area contributed by atoms with Crippen LogP contribution in [-0.4, -0.2) is 55.7 Å². The van der Waals surface area contributed by atoms with Gasteiger partial charge in [0, 0.05) is 39.4 Å². The van der Waals surface area contributed by atoms with Gasteiger partial charge < -0.3 is 9.64 Å². The molecule has 1 atom stereocenters. The lowest BCUT2D eigenvalue weighted by atomic mass is 9.79. The molecule has 0 aromatic heterocycles. The number of benzene rings is 1. The van der Waals surface area contributed by atoms with Gasteiger partial charge in [-0.3, -0.25) is 4.90 Å². The Hall–Kier alpha value is -0.900. The fourth-order valence-electron chi connectivity index (χ4n) is 5.42. The normalized spacial score (nSPS) is 28.8. The number of nitrogens with zero attached hydrogens (tertiary/aromatic N) is 2. The number of hydrogen-bond donors (Lipinski definition) is 0. The summed E-state index contributed by atoms with van der Waals surface area (Å²) in [6, 6.07) is 7.00. The lowest BCUT2D eigenvalue weighted by Gasteiger charge is -2.42. The van der Waals surface area contributed by atoms with Crippen molar-refractivity contribution in [1.82, 2.24) is 9.80 Å². The first kappa shape index (κ1) is 18.5. The predicted molar refractivity (Wildman–Crippen MR) is 107 cm³/mol. The van der Waals surface area contributed by atoms with E-state index in [1.165, 1.54) is 81.5 Å². The zero-order chi connectivity index (χ0) is 18.0. The minimum Gasteiger partial charge on any atom is -0.381 e. The van der Waals surface area contributed by atoms with Crippen molar-refractivity contribution in [3.05, 3.63) is 34.9 Å². The van der Waals surface area contributed by atoms with Crippen molar-refractivity contribution in [2.45, 2.75) is 52.5 Å². The molecule has 0 amide bonds. The molecule has 0 aliphatic carbocycles. The van der Waals surface area contributed by atoms with Crippen LogP contribution in [0.15, 0.2) is 18.2 Å². The molecule has 0 unspecified atom stereocenters. The van der Waals surface area contributed by atoms with Gasteiger partial charge in [-0.15, -0.1) is 0 Å². The van der Waals surface area contributed by atoms with Crippen LogP contribution in [0.2, 0.25) is 0 Å². The summed E-state index contributed by atoms with van der Waals surface area (Å²) in [5.41, 5.74) is 4.88. The molecule has 3 aliphatic heterocycles. The second-order valence-electron chi connectivity index (χ2n) is 9.27. The summed E-state index contributed by atoms with van der Waals surface area (Å²) in [5, 5.41) is 0. The third-order valence-electron chi connectivity index (χ3n) is 7.09. The summed E-state index contributed by atoms with van der Waals surface area (Å²) in [4.78, 5) is 5.50. The van der Waals surface area contributed by atoms with Crippen molar-refractivity contribution >= 4 is 0 Å². The Bertz CT molecular complexity index is 610. The molecular weight excluding hydrogens is 320 g/mol. The van der Waals surface area contributed by atoms with Crippen LogP contribution < -0.4 is 0 Å². The van der Waals surface area contributed by atoms with Gasteiger partial charge in [0.05, 0.1) is 0 Å². The van der Waals surface area contributed by atoms with Crippen molar-refractivity contribution in [3.63, 3.8) is 0 Å². The molecule has 3 fully saturated rings. The van der Waals surface area contributed by atoms with Crippen molar-refractivity contribution in [3.8, 4) is 0 Å². The molecule has 3 heteroatoms. The Morgan fingerprint density at radius 2 is 1.81 bits per heavy atom. The van der Waals surface area contributed by atoms with Crippen molar-refractivity contribution in [1.29, 1.82) is 0 Å². The van der Waals surface area contributed by atoms with E-state index in [2.05, 4.69) is 41.8 Å². The van der Waals surface area contributed by atoms with Crippen LogP contribution in [0.3, 0.4) is 0 Å². The summed E-state index contributed by atoms with van der Waals surface area (Å²) < 4.78 is 5.54. The molecule has 4 rings (SSSR count). The zero-order valence-corrected chi connectivity index (χ0v) is 16.8. The van der Waals surface area contributed by atoms with E-state index in [1.54, 1.807) is 0 Å². The third kappa shape index (κ3) is 4.32. The fraction of sp³-hybridized carbons (Fsp3) is 0.739. The first-order chi connectivity index (χ1) is 12.6. The number of hydrogen-bond acceptors (Lipinski definition) is 3. The Morgan fingerprint density at radius 3 is 2.62 bits per heavy atom. The van der Waals surface area contributed by atoms with Gasteiger partial charge in [0.1, 0.15) is 0 Å². The lowest BCUT2D eigenvalue weighted by Crippen LogP contribution is -2.46. The monoisotopic (exact) mass is 356 g/mol. The maximum Gasteiger partial charge on any atom is 0.0469 e. The molecule has 0 N–H and O–H groups in total. The Morgan fingerprint density at radius 1 is 1.00 bits per heavy atom. The Kier molecular flexibility index (Phi) is 5.68. The van der Waals surface area contributed by atoms with Crippen LogP contribution in [0, 0.1) is 25.2 Å². The van der Waals surface area contributed by atoms with E-state index in [0.717, 1.165) is 25.7 Å². The van der Waals surface area contributed by atoms with Crippen LogP contribution in [0.5, 0.6) is 0 Å². The van der Waals surface area contributed by atoms with Crippen LogP contribution in [0.25, 0.3) is 0 Å². The van der Waals surface area contributed by atoms with Crippen molar-refractivity contribution in [2.24, 2.45) is 11.3 Å². The highest BCUT2D eigenvalue weighted by molar-refractivity contribution is 5.30. The maximum absolute atomic E-state index is 5.54. The molecule has 3 aliphatic rings. The summed E-state index contributed by atoms with van der Waals surface area (Å²) in [5.74, 6) is 0.868. The lowest BCUT2D eigenvalue weighted by molar-refractivity contribution is 0.0312. The largest absolute Gasteiger partial charge is 0.381 e. The molecule has 3 heterocycles. The predicted octanol–water partition coefficient (Wildman–Crippen LogP) is 4.02. The Labute approximate surface area is 159 Å². The van der Waals surface area contributed by atoms with Crippen LogP contribution >= 0.6 is 0 Å². The standard InChI is InChI=1S/C23H36N2O/c1-19-4-5-22(14-20(19)2)16-25-11-9-23(18-25)8-3-10-24(17-23)15-21-6-12-26-13-7-21/h4-5,14,21H,3,6-13,15-18H2,1-2H3/t23-/m0/s1. The van der Waals surface area contributed by atoms with Crippen LogP contribution in [0.4, 0.5) is 0 Å². The molecular formula is C23H36N2O. The average molecular weight is 357 g/mol. The number of aryl methyl sites for hydroxylation is 2. The number of rotatable bonds is 4. The number of ether oxygens (including phenoxy) is 1. The second kappa shape index (κ2) is 8.00. The van der Waals surface area contributed by atoms with Crippen LogP contribution in [0.1, 0.15) is 48.8 Å². The van der Waals surface area contributed by atoms with E-state index < -0.39 is 0 Å². The highest BCUT2D eigenvalue weighted by Gasteiger charge is 2.41. The molecule has 0 bridgehead atoms. The molecule has 3 nitrogen and oxygen atoms in total. The van der Waals surface area contributed by atoms with Crippen molar-refractivity contribution < 1.29 is 4.74 Å². The molecule has 26 heavy (non-hydrogen) atoms. The summed E-state index contributed by atoms with van der Waals surface area (Å²) in [6.45, 7) is 14.1. The molecule has 3 saturated heterocycles. The van der Waals surface area contributed by atoms with Gasteiger partial charge in [0.25, 0.3) is 0 Å². The van der Waals surface area contributed by atoms with Gasteiger partial charge in [0.2, 0.25) is 0 Å². The van der Waals surface area contributed by atoms with Crippen molar-refractivity contribution in [2.75, 3.05) is 45.9 Å². The molecule has 1 spiro atoms. The van der Waals surface area contributed by atoms with E-state index in [4.69, 9.17) is 4.74 Å². The molecule has 144 valence electrons. The topological polar surface area (TPSA) is 15.7 Å². The van der Waals surface area contributed by atoms with Gasteiger partial charge >= 0.3 is 0 Å². The fourth-order valence-corrected chi connectivity index (χ4v) is 5.42. The molecule has 1 aromatic rings. The molecule has 0 radical (unpaired) electrons. The van der Waals surface area contributed by atoms with Gasteiger partial charge in [-0.05, 0) is 87.1 Å². The smallest absolute Gasteiger partial charge is 0.0469 e. The van der Waals surface area contributed by atoms with E-state index in [9.17, 15) is 0 Å². The van der Waals surface area contributed by atoms with Crippen LogP contribution in [-0.2, 0) is 11.3 Å². The molecule has 0 saturated carbocycles. The summed E-state index contributed by atoms with van der Waals surface area (Å²) in [6.07, 6.45) is 6.74. The van der Waals surface area contributed by atoms with Gasteiger partial charge in [-0.2, -0.15) is 0 Å². The number of piperidine rings is 1. The van der Waals surface area contributed by atoms with E-state index in [0.29, 0.717) is 5.41 Å². The van der Waals surface area contributed by atoms with E-state index in [-0.39, 0.29) is 0 Å². The number of likely N-dealkylation sites (tertiary alicyclic amines) is 2.